The molecule has 1 N–H and O–H groups in total. The van der Waals surface area contributed by atoms with Crippen LogP contribution in [0.3, 0.4) is 0 Å². The minimum absolute atomic E-state index is 0.458. The highest BCUT2D eigenvalue weighted by Gasteiger charge is 2.03. The molecule has 0 atom stereocenters. The van der Waals surface area contributed by atoms with Crippen LogP contribution in [-0.4, -0.2) is 21.0 Å². The van der Waals surface area contributed by atoms with Crippen LogP contribution in [0.15, 0.2) is 30.5 Å². The molecule has 1 heterocycles. The Kier molecular flexibility index (Phi) is 3.54. The van der Waals surface area contributed by atoms with Crippen LogP contribution in [0.4, 0.5) is 0 Å². The molecule has 0 fully saturated rings. The summed E-state index contributed by atoms with van der Waals surface area (Å²) < 4.78 is 1.80. The minimum atomic E-state index is 0.458. The molecule has 0 aliphatic carbocycles. The molecule has 0 bridgehead atoms. The van der Waals surface area contributed by atoms with E-state index in [0.29, 0.717) is 6.04 Å². The second-order valence-electron chi connectivity index (χ2n) is 4.53. The zero-order chi connectivity index (χ0) is 12.3. The molecule has 0 aliphatic rings. The molecular formula is C13H18N4. The maximum absolute atomic E-state index is 4.14. The Balaban J connectivity index is 2.10. The molecule has 17 heavy (non-hydrogen) atoms. The van der Waals surface area contributed by atoms with Crippen LogP contribution in [0.25, 0.3) is 5.69 Å². The van der Waals surface area contributed by atoms with Gasteiger partial charge in [0.05, 0.1) is 17.6 Å². The third-order valence-corrected chi connectivity index (χ3v) is 2.53. The van der Waals surface area contributed by atoms with Gasteiger partial charge in [-0.25, -0.2) is 4.68 Å². The summed E-state index contributed by atoms with van der Waals surface area (Å²) in [7, 11) is 0. The van der Waals surface area contributed by atoms with Gasteiger partial charge in [0.15, 0.2) is 0 Å². The van der Waals surface area contributed by atoms with Gasteiger partial charge in [0.1, 0.15) is 0 Å². The largest absolute Gasteiger partial charge is 0.309 e. The smallest absolute Gasteiger partial charge is 0.0969 e. The van der Waals surface area contributed by atoms with E-state index in [1.54, 1.807) is 4.68 Å². The molecule has 0 aliphatic heterocycles. The Morgan fingerprint density at radius 2 is 1.94 bits per heavy atom. The summed E-state index contributed by atoms with van der Waals surface area (Å²) in [4.78, 5) is 0. The molecule has 0 radical (unpaired) electrons. The first kappa shape index (κ1) is 11.8. The number of rotatable bonds is 4. The monoisotopic (exact) mass is 230 g/mol. The van der Waals surface area contributed by atoms with E-state index in [9.17, 15) is 0 Å². The fourth-order valence-corrected chi connectivity index (χ4v) is 1.51. The van der Waals surface area contributed by atoms with Gasteiger partial charge in [-0.1, -0.05) is 36.8 Å². The Labute approximate surface area is 102 Å². The van der Waals surface area contributed by atoms with Gasteiger partial charge in [-0.2, -0.15) is 0 Å². The Morgan fingerprint density at radius 3 is 2.59 bits per heavy atom. The molecule has 0 saturated heterocycles. The van der Waals surface area contributed by atoms with Gasteiger partial charge >= 0.3 is 0 Å². The maximum atomic E-state index is 4.14. The summed E-state index contributed by atoms with van der Waals surface area (Å²) >= 11 is 0. The third kappa shape index (κ3) is 3.14. The molecule has 2 rings (SSSR count). The molecular weight excluding hydrogens is 212 g/mol. The third-order valence-electron chi connectivity index (χ3n) is 2.53. The van der Waals surface area contributed by atoms with Crippen molar-refractivity contribution in [1.82, 2.24) is 20.3 Å². The summed E-state index contributed by atoms with van der Waals surface area (Å²) in [5.74, 6) is 0. The molecule has 4 nitrogen and oxygen atoms in total. The normalized spacial score (nSPS) is 11.1. The fraction of sp³-hybridized carbons (Fsp3) is 0.385. The van der Waals surface area contributed by atoms with Crippen molar-refractivity contribution in [3.8, 4) is 5.69 Å². The standard InChI is InChI=1S/C13H18N4/c1-10(2)14-8-12-9-17(16-15-12)13-6-4-11(3)5-7-13/h4-7,9-10,14H,8H2,1-3H3. The van der Waals surface area contributed by atoms with E-state index in [1.807, 2.05) is 18.3 Å². The summed E-state index contributed by atoms with van der Waals surface area (Å²) in [6.07, 6.45) is 1.96. The van der Waals surface area contributed by atoms with Crippen molar-refractivity contribution in [2.75, 3.05) is 0 Å². The molecule has 0 saturated carbocycles. The molecule has 1 aromatic heterocycles. The summed E-state index contributed by atoms with van der Waals surface area (Å²) in [5, 5.41) is 11.6. The predicted molar refractivity (Wildman–Crippen MR) is 68.1 cm³/mol. The second-order valence-corrected chi connectivity index (χ2v) is 4.53. The van der Waals surface area contributed by atoms with Crippen molar-refractivity contribution in [2.45, 2.75) is 33.4 Å². The van der Waals surface area contributed by atoms with Crippen LogP contribution >= 0.6 is 0 Å². The number of benzene rings is 1. The lowest BCUT2D eigenvalue weighted by Crippen LogP contribution is -2.21. The van der Waals surface area contributed by atoms with E-state index in [-0.39, 0.29) is 0 Å². The van der Waals surface area contributed by atoms with Crippen molar-refractivity contribution < 1.29 is 0 Å². The first-order chi connectivity index (χ1) is 8.15. The molecule has 2 aromatic rings. The summed E-state index contributed by atoms with van der Waals surface area (Å²) in [6, 6.07) is 8.69. The quantitative estimate of drug-likeness (QED) is 0.874. The highest BCUT2D eigenvalue weighted by molar-refractivity contribution is 5.33. The van der Waals surface area contributed by atoms with E-state index in [0.717, 1.165) is 17.9 Å². The van der Waals surface area contributed by atoms with Gasteiger partial charge in [0, 0.05) is 12.6 Å². The van der Waals surface area contributed by atoms with Crippen LogP contribution in [0, 0.1) is 6.92 Å². The van der Waals surface area contributed by atoms with Crippen molar-refractivity contribution >= 4 is 0 Å². The lowest BCUT2D eigenvalue weighted by Gasteiger charge is -2.04. The average molecular weight is 230 g/mol. The van der Waals surface area contributed by atoms with Crippen molar-refractivity contribution in [1.29, 1.82) is 0 Å². The van der Waals surface area contributed by atoms with Crippen LogP contribution in [-0.2, 0) is 6.54 Å². The van der Waals surface area contributed by atoms with Gasteiger partial charge in [-0.15, -0.1) is 5.10 Å². The molecule has 90 valence electrons. The van der Waals surface area contributed by atoms with Gasteiger partial charge in [0.25, 0.3) is 0 Å². The number of hydrogen-bond acceptors (Lipinski definition) is 3. The maximum Gasteiger partial charge on any atom is 0.0969 e. The number of aryl methyl sites for hydroxylation is 1. The zero-order valence-electron chi connectivity index (χ0n) is 10.5. The Bertz CT molecular complexity index is 470. The highest BCUT2D eigenvalue weighted by atomic mass is 15.4. The van der Waals surface area contributed by atoms with Crippen molar-refractivity contribution in [3.63, 3.8) is 0 Å². The van der Waals surface area contributed by atoms with Crippen LogP contribution in [0.2, 0.25) is 0 Å². The number of aromatic nitrogens is 3. The summed E-state index contributed by atoms with van der Waals surface area (Å²) in [6.45, 7) is 7.06. The lowest BCUT2D eigenvalue weighted by molar-refractivity contribution is 0.580. The highest BCUT2D eigenvalue weighted by Crippen LogP contribution is 2.08. The van der Waals surface area contributed by atoms with Gasteiger partial charge in [-0.05, 0) is 19.1 Å². The topological polar surface area (TPSA) is 42.7 Å². The zero-order valence-corrected chi connectivity index (χ0v) is 10.5. The Morgan fingerprint density at radius 1 is 1.24 bits per heavy atom. The fourth-order valence-electron chi connectivity index (χ4n) is 1.51. The van der Waals surface area contributed by atoms with Gasteiger partial charge < -0.3 is 5.32 Å². The first-order valence-corrected chi connectivity index (χ1v) is 5.87. The molecule has 0 spiro atoms. The van der Waals surface area contributed by atoms with Gasteiger partial charge in [0.2, 0.25) is 0 Å². The predicted octanol–water partition coefficient (Wildman–Crippen LogP) is 2.07. The van der Waals surface area contributed by atoms with Crippen LogP contribution < -0.4 is 5.32 Å². The Hall–Kier alpha value is -1.68. The summed E-state index contributed by atoms with van der Waals surface area (Å²) in [5.41, 5.74) is 3.24. The lowest BCUT2D eigenvalue weighted by atomic mass is 10.2. The molecule has 4 heteroatoms. The number of hydrogen-bond donors (Lipinski definition) is 1. The van der Waals surface area contributed by atoms with Crippen molar-refractivity contribution in [3.05, 3.63) is 41.7 Å². The van der Waals surface area contributed by atoms with E-state index in [1.165, 1.54) is 5.56 Å². The first-order valence-electron chi connectivity index (χ1n) is 5.87. The van der Waals surface area contributed by atoms with Crippen molar-refractivity contribution in [2.24, 2.45) is 0 Å². The number of nitrogens with zero attached hydrogens (tertiary/aromatic N) is 3. The molecule has 0 unspecified atom stereocenters. The molecule has 1 aromatic carbocycles. The SMILES string of the molecule is Cc1ccc(-n2cc(CNC(C)C)nn2)cc1. The van der Waals surface area contributed by atoms with E-state index >= 15 is 0 Å². The van der Waals surface area contributed by atoms with Crippen LogP contribution in [0.1, 0.15) is 25.1 Å². The van der Waals surface area contributed by atoms with Crippen LogP contribution in [0.5, 0.6) is 0 Å². The van der Waals surface area contributed by atoms with E-state index < -0.39 is 0 Å². The minimum Gasteiger partial charge on any atom is -0.309 e. The second kappa shape index (κ2) is 5.10. The average Bonchev–Trinajstić information content (AvgIpc) is 2.76. The van der Waals surface area contributed by atoms with Gasteiger partial charge in [-0.3, -0.25) is 0 Å². The number of nitrogens with one attached hydrogen (secondary N) is 1. The van der Waals surface area contributed by atoms with E-state index in [2.05, 4.69) is 48.5 Å². The van der Waals surface area contributed by atoms with E-state index in [4.69, 9.17) is 0 Å². The molecule has 0 amide bonds.